The van der Waals surface area contributed by atoms with Crippen molar-refractivity contribution in [3.63, 3.8) is 0 Å². The van der Waals surface area contributed by atoms with E-state index in [9.17, 15) is 29.7 Å². The Kier molecular flexibility index (Phi) is 39.5. The molecule has 6 nitrogen and oxygen atoms in total. The quantitative estimate of drug-likeness (QED) is 0.0686. The van der Waals surface area contributed by atoms with Gasteiger partial charge < -0.3 is 29.7 Å². The van der Waals surface area contributed by atoms with E-state index in [-0.39, 0.29) is 36.6 Å². The fourth-order valence-corrected chi connectivity index (χ4v) is 8.85. The summed E-state index contributed by atoms with van der Waals surface area (Å²) in [6.45, 7) is 20.0. The number of hydrogen-bond acceptors (Lipinski definition) is 6. The van der Waals surface area contributed by atoms with Crippen molar-refractivity contribution in [1.29, 1.82) is 0 Å². The van der Waals surface area contributed by atoms with Gasteiger partial charge >= 0.3 is 17.4 Å². The van der Waals surface area contributed by atoms with Gasteiger partial charge in [-0.2, -0.15) is 0 Å². The summed E-state index contributed by atoms with van der Waals surface area (Å²) in [5.41, 5.74) is 1.19. The maximum atomic E-state index is 10.4. The fourth-order valence-electron chi connectivity index (χ4n) is 8.85. The van der Waals surface area contributed by atoms with Crippen molar-refractivity contribution in [3.8, 4) is 0 Å². The molecule has 0 aliphatic carbocycles. The Hall–Kier alpha value is -1.06. The van der Waals surface area contributed by atoms with Gasteiger partial charge in [-0.1, -0.05) is 120 Å². The van der Waals surface area contributed by atoms with E-state index >= 15 is 0 Å². The SMILES string of the molecule is CCCC(CCC)(CCC)CCCC(=O)[O-].CCCC(CCC)(CCC)CCCC(=O)[O-].CCCC(CCC)(CCC)CCCC(=O)[O-].[Al+3]. The Morgan fingerprint density at radius 3 is 0.571 bits per heavy atom. The van der Waals surface area contributed by atoms with Crippen molar-refractivity contribution in [1.82, 2.24) is 0 Å². The van der Waals surface area contributed by atoms with Crippen molar-refractivity contribution in [2.24, 2.45) is 16.2 Å². The Bertz CT molecular complexity index is 617. The van der Waals surface area contributed by atoms with Gasteiger partial charge in [-0.15, -0.1) is 0 Å². The topological polar surface area (TPSA) is 120 Å². The molecule has 0 atom stereocenters. The monoisotopic (exact) mass is 709 g/mol. The Morgan fingerprint density at radius 2 is 0.469 bits per heavy atom. The molecular formula is C42H81AlO6. The molecule has 0 bridgehead atoms. The Morgan fingerprint density at radius 1 is 0.327 bits per heavy atom. The van der Waals surface area contributed by atoms with Gasteiger partial charge in [0.25, 0.3) is 0 Å². The first kappa shape index (κ1) is 54.7. The van der Waals surface area contributed by atoms with E-state index in [1.54, 1.807) is 0 Å². The molecule has 0 amide bonds. The molecule has 0 aromatic carbocycles. The standard InChI is InChI=1S/3C14H28O2.Al/c3*1-4-9-14(10-5-2,11-6-3)12-7-8-13(15)16;/h3*4-12H2,1-3H3,(H,15,16);/q;;;+3/p-3. The normalized spacial score (nSPS) is 11.4. The summed E-state index contributed by atoms with van der Waals surface area (Å²) in [5.74, 6) is -2.71. The minimum Gasteiger partial charge on any atom is -0.550 e. The molecule has 0 aromatic rings. The third-order valence-electron chi connectivity index (χ3n) is 10.3. The zero-order valence-corrected chi connectivity index (χ0v) is 35.3. The number of rotatable bonds is 30. The zero-order valence-electron chi connectivity index (χ0n) is 34.1. The number of hydrogen-bond donors (Lipinski definition) is 0. The summed E-state index contributed by atoms with van der Waals surface area (Å²) in [5, 5.41) is 31.3. The molecule has 0 saturated heterocycles. The second kappa shape index (κ2) is 35.3. The predicted octanol–water partition coefficient (Wildman–Crippen LogP) is 9.50. The first-order valence-electron chi connectivity index (χ1n) is 20.4. The second-order valence-corrected chi connectivity index (χ2v) is 14.9. The van der Waals surface area contributed by atoms with Crippen LogP contribution < -0.4 is 15.3 Å². The van der Waals surface area contributed by atoms with Crippen LogP contribution in [0.15, 0.2) is 0 Å². The van der Waals surface area contributed by atoms with Crippen LogP contribution in [-0.2, 0) is 14.4 Å². The van der Waals surface area contributed by atoms with Crippen LogP contribution in [0.4, 0.5) is 0 Å². The van der Waals surface area contributed by atoms with E-state index < -0.39 is 17.9 Å². The van der Waals surface area contributed by atoms with Crippen LogP contribution in [0.3, 0.4) is 0 Å². The smallest absolute Gasteiger partial charge is 0.550 e. The fraction of sp³-hybridized carbons (Fsp3) is 0.929. The average molecular weight is 709 g/mol. The van der Waals surface area contributed by atoms with Crippen LogP contribution in [0, 0.1) is 16.2 Å². The molecule has 0 spiro atoms. The zero-order chi connectivity index (χ0) is 37.3. The third kappa shape index (κ3) is 30.3. The number of carbonyl (C=O) groups excluding carboxylic acids is 3. The second-order valence-electron chi connectivity index (χ2n) is 14.9. The number of aliphatic carboxylic acids is 3. The summed E-state index contributed by atoms with van der Waals surface area (Å²) in [6, 6.07) is 0. The third-order valence-corrected chi connectivity index (χ3v) is 10.3. The van der Waals surface area contributed by atoms with Crippen LogP contribution >= 0.6 is 0 Å². The van der Waals surface area contributed by atoms with Gasteiger partial charge in [0.05, 0.1) is 0 Å². The van der Waals surface area contributed by atoms with Crippen LogP contribution in [0.5, 0.6) is 0 Å². The van der Waals surface area contributed by atoms with E-state index in [4.69, 9.17) is 0 Å². The molecular weight excluding hydrogens is 627 g/mol. The van der Waals surface area contributed by atoms with Gasteiger partial charge in [0.1, 0.15) is 0 Å². The van der Waals surface area contributed by atoms with Gasteiger partial charge in [0, 0.05) is 17.9 Å². The minimum atomic E-state index is -0.904. The molecule has 0 unspecified atom stereocenters. The minimum absolute atomic E-state index is 0. The van der Waals surface area contributed by atoms with Crippen LogP contribution in [-0.4, -0.2) is 35.3 Å². The van der Waals surface area contributed by atoms with Crippen molar-refractivity contribution in [3.05, 3.63) is 0 Å². The van der Waals surface area contributed by atoms with E-state index in [0.29, 0.717) is 16.2 Å². The summed E-state index contributed by atoms with van der Waals surface area (Å²) in [6.07, 6.45) is 28.1. The molecule has 0 aliphatic rings. The number of carboxylic acids is 3. The van der Waals surface area contributed by atoms with Crippen molar-refractivity contribution in [2.75, 3.05) is 0 Å². The van der Waals surface area contributed by atoms with Gasteiger partial charge in [-0.3, -0.25) is 0 Å². The molecule has 0 aliphatic heterocycles. The molecule has 0 fully saturated rings. The van der Waals surface area contributed by atoms with E-state index in [0.717, 1.165) is 38.5 Å². The first-order chi connectivity index (χ1) is 22.8. The number of carbonyl (C=O) groups is 3. The van der Waals surface area contributed by atoms with Gasteiger partial charge in [0.15, 0.2) is 0 Å². The Balaban J connectivity index is -0.000000307. The van der Waals surface area contributed by atoms with Crippen LogP contribution in [0.1, 0.15) is 236 Å². The van der Waals surface area contributed by atoms with Crippen molar-refractivity contribution < 1.29 is 29.7 Å². The van der Waals surface area contributed by atoms with Crippen molar-refractivity contribution >= 4 is 35.3 Å². The maximum Gasteiger partial charge on any atom is 3.00 e. The molecule has 0 saturated carbocycles. The number of carboxylic acid groups (broad SMARTS) is 3. The molecule has 49 heavy (non-hydrogen) atoms. The van der Waals surface area contributed by atoms with Gasteiger partial charge in [-0.05, 0) is 132 Å². The molecule has 0 rings (SSSR count). The van der Waals surface area contributed by atoms with Crippen LogP contribution in [0.2, 0.25) is 0 Å². The molecule has 0 N–H and O–H groups in total. The average Bonchev–Trinajstić information content (AvgIpc) is 2.99. The molecule has 0 radical (unpaired) electrons. The molecule has 7 heteroatoms. The van der Waals surface area contributed by atoms with Gasteiger partial charge in [-0.25, -0.2) is 0 Å². The largest absolute Gasteiger partial charge is 3.00 e. The van der Waals surface area contributed by atoms with Gasteiger partial charge in [0.2, 0.25) is 0 Å². The van der Waals surface area contributed by atoms with E-state index in [1.165, 1.54) is 116 Å². The molecule has 0 aromatic heterocycles. The molecule has 288 valence electrons. The summed E-state index contributed by atoms with van der Waals surface area (Å²) in [4.78, 5) is 31.3. The summed E-state index contributed by atoms with van der Waals surface area (Å²) < 4.78 is 0. The maximum absolute atomic E-state index is 10.4. The first-order valence-corrected chi connectivity index (χ1v) is 20.4. The van der Waals surface area contributed by atoms with Crippen molar-refractivity contribution in [2.45, 2.75) is 236 Å². The Labute approximate surface area is 315 Å². The predicted molar refractivity (Wildman–Crippen MR) is 204 cm³/mol. The van der Waals surface area contributed by atoms with Crippen LogP contribution in [0.25, 0.3) is 0 Å². The van der Waals surface area contributed by atoms with E-state index in [2.05, 4.69) is 62.3 Å². The summed E-state index contributed by atoms with van der Waals surface area (Å²) >= 11 is 0. The van der Waals surface area contributed by atoms with E-state index in [1.807, 2.05) is 0 Å². The molecule has 0 heterocycles. The summed E-state index contributed by atoms with van der Waals surface area (Å²) in [7, 11) is 0.